The predicted molar refractivity (Wildman–Crippen MR) is 74.1 cm³/mol. The smallest absolute Gasteiger partial charge is 0.308 e. The van der Waals surface area contributed by atoms with Gasteiger partial charge in [0.15, 0.2) is 0 Å². The van der Waals surface area contributed by atoms with Gasteiger partial charge in [0.1, 0.15) is 5.82 Å². The SMILES string of the molecule is Nc1n[nH]c(C2C3CC4CC(C3)CC2C4)c1CC(=O)O. The molecule has 0 unspecified atom stereocenters. The molecule has 0 spiro atoms. The van der Waals surface area contributed by atoms with Crippen LogP contribution in [0.25, 0.3) is 0 Å². The van der Waals surface area contributed by atoms with E-state index in [4.69, 9.17) is 10.8 Å². The van der Waals surface area contributed by atoms with E-state index in [1.54, 1.807) is 0 Å². The molecule has 108 valence electrons. The molecule has 0 amide bonds. The van der Waals surface area contributed by atoms with Gasteiger partial charge in [-0.15, -0.1) is 0 Å². The molecule has 5 nitrogen and oxygen atoms in total. The van der Waals surface area contributed by atoms with Crippen LogP contribution in [0, 0.1) is 23.7 Å². The molecule has 0 radical (unpaired) electrons. The number of nitrogens with one attached hydrogen (secondary N) is 1. The number of aliphatic carboxylic acids is 1. The van der Waals surface area contributed by atoms with Crippen LogP contribution in [0.1, 0.15) is 49.3 Å². The molecule has 1 aromatic heterocycles. The highest BCUT2D eigenvalue weighted by atomic mass is 16.4. The van der Waals surface area contributed by atoms with E-state index in [2.05, 4.69) is 10.2 Å². The summed E-state index contributed by atoms with van der Waals surface area (Å²) in [4.78, 5) is 11.1. The highest BCUT2D eigenvalue weighted by Crippen LogP contribution is 2.60. The van der Waals surface area contributed by atoms with Gasteiger partial charge in [-0.05, 0) is 55.8 Å². The number of carbonyl (C=O) groups is 1. The van der Waals surface area contributed by atoms with Crippen LogP contribution in [0.2, 0.25) is 0 Å². The number of hydrogen-bond acceptors (Lipinski definition) is 3. The van der Waals surface area contributed by atoms with Crippen molar-refractivity contribution in [2.45, 2.75) is 44.4 Å². The van der Waals surface area contributed by atoms with E-state index < -0.39 is 5.97 Å². The minimum absolute atomic E-state index is 0.0134. The third kappa shape index (κ3) is 1.75. The zero-order chi connectivity index (χ0) is 13.9. The van der Waals surface area contributed by atoms with Gasteiger partial charge in [0.2, 0.25) is 0 Å². The van der Waals surface area contributed by atoms with Gasteiger partial charge in [-0.3, -0.25) is 9.89 Å². The fourth-order valence-electron chi connectivity index (χ4n) is 5.40. The first-order valence-corrected chi connectivity index (χ1v) is 7.66. The fraction of sp³-hybridized carbons (Fsp3) is 0.733. The third-order valence-electron chi connectivity index (χ3n) is 5.82. The first-order valence-electron chi connectivity index (χ1n) is 7.66. The Bertz CT molecular complexity index is 523. The molecule has 0 aliphatic heterocycles. The summed E-state index contributed by atoms with van der Waals surface area (Å²) in [7, 11) is 0. The van der Waals surface area contributed by atoms with Gasteiger partial charge in [0, 0.05) is 17.2 Å². The maximum atomic E-state index is 11.1. The van der Waals surface area contributed by atoms with Crippen molar-refractivity contribution >= 4 is 11.8 Å². The Morgan fingerprint density at radius 2 is 1.80 bits per heavy atom. The molecule has 4 fully saturated rings. The number of rotatable bonds is 3. The number of hydrogen-bond donors (Lipinski definition) is 3. The largest absolute Gasteiger partial charge is 0.481 e. The Morgan fingerprint density at radius 3 is 2.35 bits per heavy atom. The summed E-state index contributed by atoms with van der Waals surface area (Å²) >= 11 is 0. The van der Waals surface area contributed by atoms with Crippen LogP contribution in [-0.2, 0) is 11.2 Å². The standard InChI is InChI=1S/C15H21N3O2/c16-15-11(6-12(19)20)14(17-18-15)13-9-2-7-1-8(4-9)5-10(13)3-7/h7-10,13H,1-6H2,(H,19,20)(H3,16,17,18). The zero-order valence-corrected chi connectivity index (χ0v) is 11.5. The Kier molecular flexibility index (Phi) is 2.59. The van der Waals surface area contributed by atoms with Crippen molar-refractivity contribution in [3.63, 3.8) is 0 Å². The number of carboxylic acid groups (broad SMARTS) is 1. The second kappa shape index (κ2) is 4.24. The molecule has 1 aromatic rings. The van der Waals surface area contributed by atoms with E-state index in [-0.39, 0.29) is 6.42 Å². The average molecular weight is 275 g/mol. The molecule has 4 saturated carbocycles. The van der Waals surface area contributed by atoms with Crippen LogP contribution in [0.15, 0.2) is 0 Å². The first kappa shape index (κ1) is 12.2. The van der Waals surface area contributed by atoms with Crippen molar-refractivity contribution in [2.75, 3.05) is 5.73 Å². The number of nitrogen functional groups attached to an aromatic ring is 1. The van der Waals surface area contributed by atoms with Gasteiger partial charge in [-0.2, -0.15) is 5.10 Å². The molecule has 0 atom stereocenters. The Balaban J connectivity index is 1.69. The normalized spacial score (nSPS) is 38.3. The van der Waals surface area contributed by atoms with E-state index in [0.29, 0.717) is 23.6 Å². The number of nitrogens with two attached hydrogens (primary N) is 1. The second-order valence-electron chi connectivity index (χ2n) is 7.03. The van der Waals surface area contributed by atoms with E-state index >= 15 is 0 Å². The molecule has 4 aliphatic carbocycles. The zero-order valence-electron chi connectivity index (χ0n) is 11.5. The first-order chi connectivity index (χ1) is 9.61. The molecule has 4 N–H and O–H groups in total. The Labute approximate surface area is 117 Å². The van der Waals surface area contributed by atoms with E-state index in [0.717, 1.165) is 23.1 Å². The van der Waals surface area contributed by atoms with Crippen LogP contribution in [0.5, 0.6) is 0 Å². The molecular weight excluding hydrogens is 254 g/mol. The molecule has 20 heavy (non-hydrogen) atoms. The third-order valence-corrected chi connectivity index (χ3v) is 5.82. The molecule has 5 heteroatoms. The molecule has 4 aliphatic rings. The van der Waals surface area contributed by atoms with Crippen molar-refractivity contribution in [1.29, 1.82) is 0 Å². The maximum Gasteiger partial charge on any atom is 0.308 e. The minimum Gasteiger partial charge on any atom is -0.481 e. The average Bonchev–Trinajstić information content (AvgIpc) is 2.70. The van der Waals surface area contributed by atoms with E-state index in [1.807, 2.05) is 0 Å². The van der Waals surface area contributed by atoms with Crippen molar-refractivity contribution in [3.8, 4) is 0 Å². The number of aromatic nitrogens is 2. The summed E-state index contributed by atoms with van der Waals surface area (Å²) in [5.74, 6) is 3.24. The summed E-state index contributed by atoms with van der Waals surface area (Å²) in [5, 5.41) is 16.2. The maximum absolute atomic E-state index is 11.1. The summed E-state index contributed by atoms with van der Waals surface area (Å²) in [6.07, 6.45) is 6.64. The van der Waals surface area contributed by atoms with Crippen molar-refractivity contribution in [1.82, 2.24) is 10.2 Å². The molecular formula is C15H21N3O2. The van der Waals surface area contributed by atoms with Crippen LogP contribution >= 0.6 is 0 Å². The monoisotopic (exact) mass is 275 g/mol. The number of carboxylic acids is 1. The van der Waals surface area contributed by atoms with Crippen LogP contribution in [0.3, 0.4) is 0 Å². The summed E-state index contributed by atoms with van der Waals surface area (Å²) in [5.41, 5.74) is 7.64. The summed E-state index contributed by atoms with van der Waals surface area (Å²) in [6, 6.07) is 0. The molecule has 0 saturated heterocycles. The van der Waals surface area contributed by atoms with Crippen molar-refractivity contribution < 1.29 is 9.90 Å². The fourth-order valence-corrected chi connectivity index (χ4v) is 5.40. The summed E-state index contributed by atoms with van der Waals surface area (Å²) in [6.45, 7) is 0. The van der Waals surface area contributed by atoms with Gasteiger partial charge in [0.05, 0.1) is 6.42 Å². The Hall–Kier alpha value is -1.52. The van der Waals surface area contributed by atoms with Gasteiger partial charge in [-0.1, -0.05) is 0 Å². The number of aromatic amines is 1. The van der Waals surface area contributed by atoms with Gasteiger partial charge >= 0.3 is 5.97 Å². The molecule has 1 heterocycles. The lowest BCUT2D eigenvalue weighted by Crippen LogP contribution is -2.44. The lowest BCUT2D eigenvalue weighted by Gasteiger charge is -2.54. The highest BCUT2D eigenvalue weighted by Gasteiger charge is 2.49. The molecule has 5 rings (SSSR count). The van der Waals surface area contributed by atoms with Crippen molar-refractivity contribution in [3.05, 3.63) is 11.3 Å². The topological polar surface area (TPSA) is 92.0 Å². The Morgan fingerprint density at radius 1 is 1.20 bits per heavy atom. The second-order valence-corrected chi connectivity index (χ2v) is 7.03. The van der Waals surface area contributed by atoms with Gasteiger partial charge < -0.3 is 10.8 Å². The predicted octanol–water partition coefficient (Wildman–Crippen LogP) is 2.16. The van der Waals surface area contributed by atoms with Gasteiger partial charge in [-0.25, -0.2) is 0 Å². The quantitative estimate of drug-likeness (QED) is 0.788. The van der Waals surface area contributed by atoms with E-state index in [9.17, 15) is 4.79 Å². The minimum atomic E-state index is -0.830. The lowest BCUT2D eigenvalue weighted by atomic mass is 9.51. The van der Waals surface area contributed by atoms with Crippen LogP contribution < -0.4 is 5.73 Å². The van der Waals surface area contributed by atoms with Gasteiger partial charge in [0.25, 0.3) is 0 Å². The molecule has 0 aromatic carbocycles. The van der Waals surface area contributed by atoms with Crippen molar-refractivity contribution in [2.24, 2.45) is 23.7 Å². The number of H-pyrrole nitrogens is 1. The number of anilines is 1. The van der Waals surface area contributed by atoms with E-state index in [1.165, 1.54) is 32.1 Å². The lowest BCUT2D eigenvalue weighted by molar-refractivity contribution is -0.136. The molecule has 4 bridgehead atoms. The van der Waals surface area contributed by atoms with Crippen LogP contribution in [-0.4, -0.2) is 21.3 Å². The highest BCUT2D eigenvalue weighted by molar-refractivity contribution is 5.73. The van der Waals surface area contributed by atoms with Crippen LogP contribution in [0.4, 0.5) is 5.82 Å². The number of nitrogens with zero attached hydrogens (tertiary/aromatic N) is 1. The summed E-state index contributed by atoms with van der Waals surface area (Å²) < 4.78 is 0.